The lowest BCUT2D eigenvalue weighted by Gasteiger charge is -2.11. The molecule has 3 N–H and O–H groups in total. The molecule has 100 valence electrons. The fourth-order valence-electron chi connectivity index (χ4n) is 1.35. The minimum Gasteiger partial charge on any atom is -0.368 e. The van der Waals surface area contributed by atoms with Crippen molar-refractivity contribution in [2.45, 2.75) is 11.2 Å². The summed E-state index contributed by atoms with van der Waals surface area (Å²) in [5.41, 5.74) is 5.24. The highest BCUT2D eigenvalue weighted by Gasteiger charge is 2.21. The van der Waals surface area contributed by atoms with Crippen LogP contribution in [0.3, 0.4) is 0 Å². The van der Waals surface area contributed by atoms with Gasteiger partial charge in [-0.3, -0.25) is 0 Å². The lowest BCUT2D eigenvalue weighted by Crippen LogP contribution is -2.26. The van der Waals surface area contributed by atoms with Gasteiger partial charge < -0.3 is 5.73 Å². The van der Waals surface area contributed by atoms with Crippen LogP contribution >= 0.6 is 0 Å². The molecule has 2 aromatic rings. The highest BCUT2D eigenvalue weighted by Crippen LogP contribution is 2.17. The fourth-order valence-corrected chi connectivity index (χ4v) is 2.41. The molecule has 0 fully saturated rings. The summed E-state index contributed by atoms with van der Waals surface area (Å²) >= 11 is 0. The molecule has 6 nitrogen and oxygen atoms in total. The molecule has 0 saturated heterocycles. The molecular formula is C11H11FN4O2S. The lowest BCUT2D eigenvalue weighted by atomic mass is 10.3. The van der Waals surface area contributed by atoms with Crippen molar-refractivity contribution in [2.75, 3.05) is 5.73 Å². The SMILES string of the molecule is Nc1ncc(C(F)NS(=O)(=O)c2ccccc2)cn1. The molecule has 1 atom stereocenters. The number of nitrogens with one attached hydrogen (secondary N) is 1. The predicted molar refractivity (Wildman–Crippen MR) is 67.1 cm³/mol. The Morgan fingerprint density at radius 2 is 1.74 bits per heavy atom. The Balaban J connectivity index is 2.19. The van der Waals surface area contributed by atoms with E-state index in [0.29, 0.717) is 0 Å². The van der Waals surface area contributed by atoms with Crippen LogP contribution in [0.4, 0.5) is 10.3 Å². The van der Waals surface area contributed by atoms with Gasteiger partial charge in [-0.2, -0.15) is 4.72 Å². The zero-order chi connectivity index (χ0) is 13.9. The molecule has 1 aromatic carbocycles. The van der Waals surface area contributed by atoms with Crippen molar-refractivity contribution in [3.8, 4) is 0 Å². The van der Waals surface area contributed by atoms with Crippen LogP contribution in [-0.2, 0) is 10.0 Å². The van der Waals surface area contributed by atoms with Crippen LogP contribution in [0.5, 0.6) is 0 Å². The van der Waals surface area contributed by atoms with Crippen molar-refractivity contribution in [3.63, 3.8) is 0 Å². The zero-order valence-corrected chi connectivity index (χ0v) is 10.5. The van der Waals surface area contributed by atoms with Crippen LogP contribution in [0.15, 0.2) is 47.6 Å². The van der Waals surface area contributed by atoms with Gasteiger partial charge in [0.25, 0.3) is 0 Å². The van der Waals surface area contributed by atoms with E-state index in [1.54, 1.807) is 18.2 Å². The largest absolute Gasteiger partial charge is 0.368 e. The summed E-state index contributed by atoms with van der Waals surface area (Å²) in [4.78, 5) is 7.17. The minimum atomic E-state index is -3.93. The molecule has 19 heavy (non-hydrogen) atoms. The number of benzene rings is 1. The second-order valence-corrected chi connectivity index (χ2v) is 5.39. The van der Waals surface area contributed by atoms with Crippen LogP contribution < -0.4 is 10.5 Å². The van der Waals surface area contributed by atoms with Crippen molar-refractivity contribution in [2.24, 2.45) is 0 Å². The first-order valence-electron chi connectivity index (χ1n) is 5.28. The van der Waals surface area contributed by atoms with E-state index < -0.39 is 16.3 Å². The van der Waals surface area contributed by atoms with Crippen molar-refractivity contribution < 1.29 is 12.8 Å². The Labute approximate surface area is 109 Å². The van der Waals surface area contributed by atoms with Gasteiger partial charge in [0.15, 0.2) is 6.30 Å². The Morgan fingerprint density at radius 1 is 1.16 bits per heavy atom. The van der Waals surface area contributed by atoms with E-state index in [0.717, 1.165) is 12.4 Å². The normalized spacial score (nSPS) is 13.1. The number of anilines is 1. The standard InChI is InChI=1S/C11H11FN4O2S/c12-10(8-6-14-11(13)15-7-8)16-19(17,18)9-4-2-1-3-5-9/h1-7,10,16H,(H2,13,14,15). The fraction of sp³-hybridized carbons (Fsp3) is 0.0909. The van der Waals surface area contributed by atoms with Crippen LogP contribution in [0.25, 0.3) is 0 Å². The molecule has 0 aliphatic rings. The molecule has 0 bridgehead atoms. The van der Waals surface area contributed by atoms with Crippen molar-refractivity contribution in [3.05, 3.63) is 48.3 Å². The second kappa shape index (κ2) is 5.29. The van der Waals surface area contributed by atoms with E-state index in [9.17, 15) is 12.8 Å². The van der Waals surface area contributed by atoms with Gasteiger partial charge in [-0.1, -0.05) is 18.2 Å². The van der Waals surface area contributed by atoms with E-state index in [1.165, 1.54) is 12.1 Å². The van der Waals surface area contributed by atoms with Gasteiger partial charge in [0.05, 0.1) is 4.90 Å². The average molecular weight is 282 g/mol. The van der Waals surface area contributed by atoms with E-state index in [2.05, 4.69) is 9.97 Å². The lowest BCUT2D eigenvalue weighted by molar-refractivity contribution is 0.322. The third-order valence-corrected chi connectivity index (χ3v) is 3.71. The van der Waals surface area contributed by atoms with Gasteiger partial charge >= 0.3 is 0 Å². The van der Waals surface area contributed by atoms with Gasteiger partial charge in [-0.25, -0.2) is 22.8 Å². The molecule has 0 radical (unpaired) electrons. The number of nitrogens with zero attached hydrogens (tertiary/aromatic N) is 2. The molecule has 0 saturated carbocycles. The summed E-state index contributed by atoms with van der Waals surface area (Å²) < 4.78 is 39.5. The molecule has 1 aromatic heterocycles. The van der Waals surface area contributed by atoms with E-state index in [-0.39, 0.29) is 16.4 Å². The Hall–Kier alpha value is -2.06. The number of nitrogen functional groups attached to an aromatic ring is 1. The third-order valence-electron chi connectivity index (χ3n) is 2.30. The second-order valence-electron chi connectivity index (χ2n) is 3.67. The Morgan fingerprint density at radius 3 is 2.32 bits per heavy atom. The Bertz CT molecular complexity index is 646. The topological polar surface area (TPSA) is 98.0 Å². The highest BCUT2D eigenvalue weighted by molar-refractivity contribution is 7.89. The predicted octanol–water partition coefficient (Wildman–Crippen LogP) is 1.01. The molecule has 0 aliphatic carbocycles. The maximum Gasteiger partial charge on any atom is 0.243 e. The first-order valence-corrected chi connectivity index (χ1v) is 6.76. The van der Waals surface area contributed by atoms with Gasteiger partial charge in [0.1, 0.15) is 0 Å². The smallest absolute Gasteiger partial charge is 0.243 e. The number of halogens is 1. The molecule has 1 heterocycles. The summed E-state index contributed by atoms with van der Waals surface area (Å²) in [5.74, 6) is -0.0122. The number of sulfonamides is 1. The number of nitrogens with two attached hydrogens (primary N) is 1. The van der Waals surface area contributed by atoms with Crippen molar-refractivity contribution >= 4 is 16.0 Å². The quantitative estimate of drug-likeness (QED) is 0.815. The average Bonchev–Trinajstić information content (AvgIpc) is 2.40. The number of hydrogen-bond acceptors (Lipinski definition) is 5. The van der Waals surface area contributed by atoms with Gasteiger partial charge in [-0.15, -0.1) is 0 Å². The first-order chi connectivity index (χ1) is 8.99. The van der Waals surface area contributed by atoms with Crippen LogP contribution in [0, 0.1) is 0 Å². The minimum absolute atomic E-state index is 0.0122. The monoisotopic (exact) mass is 282 g/mol. The molecule has 1 unspecified atom stereocenters. The number of alkyl halides is 1. The maximum absolute atomic E-state index is 13.8. The summed E-state index contributed by atoms with van der Waals surface area (Å²) in [6.45, 7) is 0. The molecule has 0 aliphatic heterocycles. The van der Waals surface area contributed by atoms with E-state index >= 15 is 0 Å². The third kappa shape index (κ3) is 3.24. The summed E-state index contributed by atoms with van der Waals surface area (Å²) in [6.07, 6.45) is 0.312. The summed E-state index contributed by atoms with van der Waals surface area (Å²) in [6, 6.07) is 7.51. The van der Waals surface area contributed by atoms with Crippen LogP contribution in [-0.4, -0.2) is 18.4 Å². The van der Waals surface area contributed by atoms with Gasteiger partial charge in [0.2, 0.25) is 16.0 Å². The number of hydrogen-bond donors (Lipinski definition) is 2. The molecular weight excluding hydrogens is 271 g/mol. The molecule has 0 spiro atoms. The summed E-state index contributed by atoms with van der Waals surface area (Å²) in [7, 11) is -3.93. The first kappa shape index (κ1) is 13.4. The molecule has 0 amide bonds. The van der Waals surface area contributed by atoms with Crippen molar-refractivity contribution in [1.82, 2.24) is 14.7 Å². The van der Waals surface area contributed by atoms with Crippen LogP contribution in [0.1, 0.15) is 11.9 Å². The van der Waals surface area contributed by atoms with E-state index in [1.807, 2.05) is 4.72 Å². The van der Waals surface area contributed by atoms with Gasteiger partial charge in [-0.05, 0) is 12.1 Å². The highest BCUT2D eigenvalue weighted by atomic mass is 32.2. The molecule has 2 rings (SSSR count). The zero-order valence-electron chi connectivity index (χ0n) is 9.69. The number of rotatable bonds is 4. The van der Waals surface area contributed by atoms with E-state index in [4.69, 9.17) is 5.73 Å². The number of aromatic nitrogens is 2. The molecule has 8 heteroatoms. The summed E-state index contributed by atoms with van der Waals surface area (Å²) in [5, 5.41) is 0. The Kier molecular flexibility index (Phi) is 3.72. The van der Waals surface area contributed by atoms with Crippen molar-refractivity contribution in [1.29, 1.82) is 0 Å². The maximum atomic E-state index is 13.8. The van der Waals surface area contributed by atoms with Gasteiger partial charge in [0, 0.05) is 18.0 Å². The van der Waals surface area contributed by atoms with Crippen LogP contribution in [0.2, 0.25) is 0 Å².